The normalized spacial score (nSPS) is 12.1. The van der Waals surface area contributed by atoms with E-state index < -0.39 is 5.97 Å². The molecule has 1 heterocycles. The van der Waals surface area contributed by atoms with Gasteiger partial charge in [0.05, 0.1) is 29.4 Å². The van der Waals surface area contributed by atoms with Gasteiger partial charge < -0.3 is 4.74 Å². The van der Waals surface area contributed by atoms with E-state index in [1.807, 2.05) is 54.6 Å². The number of esters is 1. The third-order valence-electron chi connectivity index (χ3n) is 6.12. The first-order chi connectivity index (χ1) is 15.7. The number of nitrogens with zero attached hydrogens (tertiary/aromatic N) is 1. The summed E-state index contributed by atoms with van der Waals surface area (Å²) in [4.78, 5) is 30.4. The van der Waals surface area contributed by atoms with Crippen molar-refractivity contribution in [2.24, 2.45) is 0 Å². The van der Waals surface area contributed by atoms with E-state index in [0.717, 1.165) is 38.4 Å². The summed E-state index contributed by atoms with van der Waals surface area (Å²) in [6, 6.07) is 27.0. The quantitative estimate of drug-likeness (QED) is 0.255. The fourth-order valence-electron chi connectivity index (χ4n) is 4.65. The maximum absolute atomic E-state index is 13.6. The number of ketones is 1. The van der Waals surface area contributed by atoms with Gasteiger partial charge in [-0.3, -0.25) is 4.79 Å². The van der Waals surface area contributed by atoms with Crippen LogP contribution in [-0.2, 0) is 4.74 Å². The van der Waals surface area contributed by atoms with Crippen LogP contribution in [0.1, 0.15) is 26.3 Å². The summed E-state index contributed by atoms with van der Waals surface area (Å²) < 4.78 is 4.81. The Morgan fingerprint density at radius 3 is 2.28 bits per heavy atom. The number of carbonyl (C=O) groups excluding carboxylic acids is 2. The minimum Gasteiger partial charge on any atom is -0.465 e. The molecule has 4 nitrogen and oxygen atoms in total. The lowest BCUT2D eigenvalue weighted by atomic mass is 9.93. The Kier molecular flexibility index (Phi) is 3.95. The van der Waals surface area contributed by atoms with Gasteiger partial charge in [-0.2, -0.15) is 0 Å². The van der Waals surface area contributed by atoms with Crippen LogP contribution in [0.3, 0.4) is 0 Å². The van der Waals surface area contributed by atoms with Gasteiger partial charge in [0.25, 0.3) is 0 Å². The van der Waals surface area contributed by atoms with Crippen LogP contribution in [0.5, 0.6) is 0 Å². The number of pyridine rings is 1. The average Bonchev–Trinajstić information content (AvgIpc) is 3.15. The molecule has 1 aliphatic rings. The molecule has 1 aliphatic carbocycles. The molecule has 6 rings (SSSR count). The molecule has 0 amide bonds. The number of ether oxygens (including phenoxy) is 1. The number of carbonyl (C=O) groups is 2. The fraction of sp³-hybridized carbons (Fsp3) is 0.0357. The van der Waals surface area contributed by atoms with E-state index in [9.17, 15) is 9.59 Å². The summed E-state index contributed by atoms with van der Waals surface area (Å²) >= 11 is 0. The topological polar surface area (TPSA) is 56.3 Å². The molecule has 152 valence electrons. The highest BCUT2D eigenvalue weighted by molar-refractivity contribution is 6.30. The van der Waals surface area contributed by atoms with E-state index in [1.54, 1.807) is 12.1 Å². The first-order valence-electron chi connectivity index (χ1n) is 10.4. The smallest absolute Gasteiger partial charge is 0.337 e. The van der Waals surface area contributed by atoms with E-state index in [2.05, 4.69) is 18.2 Å². The molecule has 4 aromatic carbocycles. The molecule has 0 unspecified atom stereocenters. The lowest BCUT2D eigenvalue weighted by Gasteiger charge is -2.14. The Morgan fingerprint density at radius 2 is 1.50 bits per heavy atom. The Morgan fingerprint density at radius 1 is 0.781 bits per heavy atom. The molecule has 0 saturated heterocycles. The standard InChI is InChI=1S/C28H17NO3/c1-32-28(31)18-12-10-17(11-13-18)26-25-24(20-8-4-5-9-21(20)27(25)30)23-19-7-3-2-6-16(19)14-15-22(23)29-26/h2-15H,1H3. The number of aromatic nitrogens is 1. The van der Waals surface area contributed by atoms with Gasteiger partial charge in [0.2, 0.25) is 0 Å². The van der Waals surface area contributed by atoms with Gasteiger partial charge in [-0.15, -0.1) is 0 Å². The minimum absolute atomic E-state index is 0.0232. The Labute approximate surface area is 184 Å². The van der Waals surface area contributed by atoms with Crippen LogP contribution in [0.4, 0.5) is 0 Å². The van der Waals surface area contributed by atoms with Crippen LogP contribution < -0.4 is 0 Å². The van der Waals surface area contributed by atoms with Crippen molar-refractivity contribution in [3.8, 4) is 22.4 Å². The Balaban J connectivity index is 1.72. The number of methoxy groups -OCH3 is 1. The molecule has 32 heavy (non-hydrogen) atoms. The highest BCUT2D eigenvalue weighted by atomic mass is 16.5. The average molecular weight is 415 g/mol. The molecule has 0 N–H and O–H groups in total. The molecular formula is C28H17NO3. The van der Waals surface area contributed by atoms with Gasteiger partial charge in [-0.05, 0) is 34.5 Å². The highest BCUT2D eigenvalue weighted by Gasteiger charge is 2.33. The summed E-state index contributed by atoms with van der Waals surface area (Å²) in [6.07, 6.45) is 0. The van der Waals surface area contributed by atoms with Crippen molar-refractivity contribution >= 4 is 33.4 Å². The number of hydrogen-bond acceptors (Lipinski definition) is 4. The van der Waals surface area contributed by atoms with Gasteiger partial charge in [-0.25, -0.2) is 9.78 Å². The van der Waals surface area contributed by atoms with Gasteiger partial charge in [0.15, 0.2) is 5.78 Å². The van der Waals surface area contributed by atoms with Crippen LogP contribution in [0.15, 0.2) is 84.9 Å². The summed E-state index contributed by atoms with van der Waals surface area (Å²) in [5.74, 6) is -0.423. The van der Waals surface area contributed by atoms with E-state index in [4.69, 9.17) is 9.72 Å². The summed E-state index contributed by atoms with van der Waals surface area (Å²) in [7, 11) is 1.36. The maximum atomic E-state index is 13.6. The minimum atomic E-state index is -0.400. The molecule has 5 aromatic rings. The predicted octanol–water partition coefficient (Wildman–Crippen LogP) is 6.05. The molecule has 0 atom stereocenters. The van der Waals surface area contributed by atoms with Gasteiger partial charge >= 0.3 is 5.97 Å². The van der Waals surface area contributed by atoms with Gasteiger partial charge in [-0.1, -0.05) is 66.7 Å². The third-order valence-corrected chi connectivity index (χ3v) is 6.12. The third kappa shape index (κ3) is 2.53. The first-order valence-corrected chi connectivity index (χ1v) is 10.4. The Bertz CT molecular complexity index is 1580. The number of rotatable bonds is 2. The largest absolute Gasteiger partial charge is 0.465 e. The van der Waals surface area contributed by atoms with Gasteiger partial charge in [0, 0.05) is 22.1 Å². The van der Waals surface area contributed by atoms with Crippen LogP contribution in [0, 0.1) is 0 Å². The van der Waals surface area contributed by atoms with E-state index in [-0.39, 0.29) is 5.78 Å². The number of hydrogen-bond donors (Lipinski definition) is 0. The van der Waals surface area contributed by atoms with Crippen molar-refractivity contribution in [3.63, 3.8) is 0 Å². The molecule has 0 spiro atoms. The van der Waals surface area contributed by atoms with E-state index >= 15 is 0 Å². The van der Waals surface area contributed by atoms with Crippen molar-refractivity contribution in [1.29, 1.82) is 0 Å². The lowest BCUT2D eigenvalue weighted by Crippen LogP contribution is -2.03. The predicted molar refractivity (Wildman–Crippen MR) is 125 cm³/mol. The van der Waals surface area contributed by atoms with Gasteiger partial charge in [0.1, 0.15) is 0 Å². The monoisotopic (exact) mass is 415 g/mol. The van der Waals surface area contributed by atoms with Crippen molar-refractivity contribution < 1.29 is 14.3 Å². The molecule has 1 aromatic heterocycles. The van der Waals surface area contributed by atoms with Crippen molar-refractivity contribution in [3.05, 3.63) is 102 Å². The van der Waals surface area contributed by atoms with Crippen molar-refractivity contribution in [2.75, 3.05) is 7.11 Å². The summed E-state index contributed by atoms with van der Waals surface area (Å²) in [5, 5.41) is 3.17. The highest BCUT2D eigenvalue weighted by Crippen LogP contribution is 2.46. The van der Waals surface area contributed by atoms with Crippen LogP contribution in [-0.4, -0.2) is 23.8 Å². The number of benzene rings is 4. The number of fused-ring (bicyclic) bond motifs is 7. The van der Waals surface area contributed by atoms with E-state index in [1.165, 1.54) is 7.11 Å². The molecule has 0 fully saturated rings. The second-order valence-electron chi connectivity index (χ2n) is 7.83. The molecular weight excluding hydrogens is 398 g/mol. The molecule has 0 aliphatic heterocycles. The molecule has 0 saturated carbocycles. The zero-order valence-corrected chi connectivity index (χ0v) is 17.3. The summed E-state index contributed by atoms with van der Waals surface area (Å²) in [5.41, 5.74) is 5.86. The SMILES string of the molecule is COC(=O)c1ccc(-c2nc3ccc4ccccc4c3c3c2C(=O)c2ccccc2-3)cc1. The summed E-state index contributed by atoms with van der Waals surface area (Å²) in [6.45, 7) is 0. The van der Waals surface area contributed by atoms with Crippen molar-refractivity contribution in [1.82, 2.24) is 4.98 Å². The second kappa shape index (κ2) is 6.86. The zero-order valence-electron chi connectivity index (χ0n) is 17.3. The van der Waals surface area contributed by atoms with Crippen molar-refractivity contribution in [2.45, 2.75) is 0 Å². The fourth-order valence-corrected chi connectivity index (χ4v) is 4.65. The Hall–Kier alpha value is -4.31. The van der Waals surface area contributed by atoms with E-state index in [0.29, 0.717) is 22.4 Å². The first kappa shape index (κ1) is 18.5. The molecule has 0 bridgehead atoms. The second-order valence-corrected chi connectivity index (χ2v) is 7.83. The lowest BCUT2D eigenvalue weighted by molar-refractivity contribution is 0.0600. The molecule has 4 heteroatoms. The molecule has 0 radical (unpaired) electrons. The van der Waals surface area contributed by atoms with Crippen LogP contribution >= 0.6 is 0 Å². The maximum Gasteiger partial charge on any atom is 0.337 e. The van der Waals surface area contributed by atoms with Crippen LogP contribution in [0.25, 0.3) is 44.1 Å². The van der Waals surface area contributed by atoms with Crippen LogP contribution in [0.2, 0.25) is 0 Å². The zero-order chi connectivity index (χ0) is 21.8.